The van der Waals surface area contributed by atoms with Gasteiger partial charge in [-0.2, -0.15) is 0 Å². The Kier molecular flexibility index (Phi) is 7.46. The number of nitrogens with zero attached hydrogens (tertiary/aromatic N) is 4. The molecule has 1 aliphatic heterocycles. The first-order chi connectivity index (χ1) is 14.0. The SMILES string of the molecule is O=C(CSc1nnc(NC(=O)CN2CCOCC2)s1)Nc1ccc([N+](=O)[O-])cc1. The van der Waals surface area contributed by atoms with Gasteiger partial charge in [-0.05, 0) is 12.1 Å². The fourth-order valence-corrected chi connectivity index (χ4v) is 4.00. The molecule has 1 aromatic heterocycles. The molecule has 0 saturated carbocycles. The lowest BCUT2D eigenvalue weighted by atomic mass is 10.3. The quantitative estimate of drug-likeness (QED) is 0.271. The van der Waals surface area contributed by atoms with E-state index in [1.165, 1.54) is 47.4 Å². The fraction of sp³-hybridized carbons (Fsp3) is 0.375. The van der Waals surface area contributed by atoms with Crippen molar-refractivity contribution in [2.24, 2.45) is 0 Å². The van der Waals surface area contributed by atoms with E-state index in [0.717, 1.165) is 0 Å². The molecule has 1 fully saturated rings. The number of ether oxygens (including phenoxy) is 1. The van der Waals surface area contributed by atoms with Crippen molar-refractivity contribution in [2.75, 3.05) is 49.2 Å². The second kappa shape index (κ2) is 10.2. The molecule has 0 spiro atoms. The summed E-state index contributed by atoms with van der Waals surface area (Å²) in [5.74, 6) is -0.361. The molecular formula is C16H18N6O5S2. The van der Waals surface area contributed by atoms with Gasteiger partial charge in [0, 0.05) is 30.9 Å². The molecule has 0 aliphatic carbocycles. The molecule has 3 rings (SSSR count). The first-order valence-corrected chi connectivity index (χ1v) is 10.4. The van der Waals surface area contributed by atoms with Gasteiger partial charge in [-0.3, -0.25) is 29.9 Å². The molecular weight excluding hydrogens is 420 g/mol. The Bertz CT molecular complexity index is 869. The maximum Gasteiger partial charge on any atom is 0.269 e. The van der Waals surface area contributed by atoms with E-state index in [9.17, 15) is 19.7 Å². The minimum atomic E-state index is -0.506. The van der Waals surface area contributed by atoms with E-state index in [2.05, 4.69) is 20.8 Å². The minimum Gasteiger partial charge on any atom is -0.379 e. The van der Waals surface area contributed by atoms with Crippen LogP contribution in [0.4, 0.5) is 16.5 Å². The van der Waals surface area contributed by atoms with Crippen molar-refractivity contribution in [3.63, 3.8) is 0 Å². The zero-order chi connectivity index (χ0) is 20.6. The maximum atomic E-state index is 12.1. The van der Waals surface area contributed by atoms with Crippen molar-refractivity contribution in [2.45, 2.75) is 4.34 Å². The summed E-state index contributed by atoms with van der Waals surface area (Å²) in [6.07, 6.45) is 0. The third-order valence-corrected chi connectivity index (χ3v) is 5.78. The predicted octanol–water partition coefficient (Wildman–Crippen LogP) is 1.45. The van der Waals surface area contributed by atoms with E-state index in [4.69, 9.17) is 4.74 Å². The van der Waals surface area contributed by atoms with E-state index < -0.39 is 4.92 Å². The molecule has 0 unspecified atom stereocenters. The van der Waals surface area contributed by atoms with Crippen LogP contribution >= 0.6 is 23.1 Å². The zero-order valence-corrected chi connectivity index (χ0v) is 16.8. The number of benzene rings is 1. The van der Waals surface area contributed by atoms with Crippen LogP contribution in [0.5, 0.6) is 0 Å². The number of thioether (sulfide) groups is 1. The smallest absolute Gasteiger partial charge is 0.269 e. The molecule has 2 amide bonds. The lowest BCUT2D eigenvalue weighted by Gasteiger charge is -2.25. The molecule has 2 heterocycles. The minimum absolute atomic E-state index is 0.0468. The number of nitro benzene ring substituents is 1. The molecule has 0 atom stereocenters. The van der Waals surface area contributed by atoms with Crippen LogP contribution < -0.4 is 10.6 Å². The molecule has 154 valence electrons. The van der Waals surface area contributed by atoms with Gasteiger partial charge in [-0.15, -0.1) is 10.2 Å². The van der Waals surface area contributed by atoms with Gasteiger partial charge in [0.25, 0.3) is 5.69 Å². The summed E-state index contributed by atoms with van der Waals surface area (Å²) < 4.78 is 5.79. The van der Waals surface area contributed by atoms with Crippen LogP contribution in [-0.2, 0) is 14.3 Å². The largest absolute Gasteiger partial charge is 0.379 e. The van der Waals surface area contributed by atoms with Crippen molar-refractivity contribution in [1.82, 2.24) is 15.1 Å². The van der Waals surface area contributed by atoms with Gasteiger partial charge in [0.1, 0.15) is 0 Å². The second-order valence-corrected chi connectivity index (χ2v) is 8.15. The number of morpholine rings is 1. The molecule has 1 aromatic carbocycles. The molecule has 2 N–H and O–H groups in total. The van der Waals surface area contributed by atoms with Crippen LogP contribution in [0.15, 0.2) is 28.6 Å². The molecule has 2 aromatic rings. The van der Waals surface area contributed by atoms with Crippen molar-refractivity contribution in [3.05, 3.63) is 34.4 Å². The van der Waals surface area contributed by atoms with E-state index in [0.29, 0.717) is 41.5 Å². The number of hydrogen-bond donors (Lipinski definition) is 2. The van der Waals surface area contributed by atoms with Crippen LogP contribution in [0.3, 0.4) is 0 Å². The number of aromatic nitrogens is 2. The lowest BCUT2D eigenvalue weighted by molar-refractivity contribution is -0.384. The molecule has 11 nitrogen and oxygen atoms in total. The Morgan fingerprint density at radius 2 is 1.90 bits per heavy atom. The molecule has 13 heteroatoms. The third-order valence-electron chi connectivity index (χ3n) is 3.81. The highest BCUT2D eigenvalue weighted by molar-refractivity contribution is 8.01. The number of rotatable bonds is 8. The number of hydrogen-bond acceptors (Lipinski definition) is 10. The van der Waals surface area contributed by atoms with Crippen LogP contribution in [0.1, 0.15) is 0 Å². The first-order valence-electron chi connectivity index (χ1n) is 8.60. The van der Waals surface area contributed by atoms with E-state index >= 15 is 0 Å². The summed E-state index contributed by atoms with van der Waals surface area (Å²) in [5, 5.41) is 24.2. The van der Waals surface area contributed by atoms with Crippen molar-refractivity contribution < 1.29 is 19.2 Å². The summed E-state index contributed by atoms with van der Waals surface area (Å²) in [6.45, 7) is 2.94. The van der Waals surface area contributed by atoms with Crippen LogP contribution in [0.2, 0.25) is 0 Å². The van der Waals surface area contributed by atoms with Gasteiger partial charge in [0.15, 0.2) is 4.34 Å². The Morgan fingerprint density at radius 1 is 1.17 bits per heavy atom. The van der Waals surface area contributed by atoms with Crippen molar-refractivity contribution >= 4 is 51.4 Å². The topological polar surface area (TPSA) is 140 Å². The van der Waals surface area contributed by atoms with Gasteiger partial charge in [-0.1, -0.05) is 23.1 Å². The number of anilines is 2. The first kappa shape index (κ1) is 21.1. The predicted molar refractivity (Wildman–Crippen MR) is 108 cm³/mol. The van der Waals surface area contributed by atoms with Crippen LogP contribution in [-0.4, -0.2) is 70.4 Å². The van der Waals surface area contributed by atoms with E-state index in [1.54, 1.807) is 0 Å². The standard InChI is InChI=1S/C16H18N6O5S2/c23-13(9-21-5-7-27-8-6-21)18-15-19-20-16(29-15)28-10-14(24)17-11-1-3-12(4-2-11)22(25)26/h1-4H,5-10H2,(H,17,24)(H,18,19,23). The van der Waals surface area contributed by atoms with Crippen molar-refractivity contribution in [3.8, 4) is 0 Å². The number of nitro groups is 1. The van der Waals surface area contributed by atoms with Gasteiger partial charge < -0.3 is 10.1 Å². The Labute approximate surface area is 174 Å². The summed E-state index contributed by atoms with van der Waals surface area (Å²) in [5.41, 5.74) is 0.420. The van der Waals surface area contributed by atoms with Gasteiger partial charge in [-0.25, -0.2) is 0 Å². The Morgan fingerprint density at radius 3 is 2.59 bits per heavy atom. The molecule has 1 saturated heterocycles. The maximum absolute atomic E-state index is 12.1. The highest BCUT2D eigenvalue weighted by Crippen LogP contribution is 2.25. The zero-order valence-electron chi connectivity index (χ0n) is 15.2. The fourth-order valence-electron chi connectivity index (χ4n) is 2.43. The van der Waals surface area contributed by atoms with Gasteiger partial charge in [0.2, 0.25) is 16.9 Å². The summed E-state index contributed by atoms with van der Waals surface area (Å²) >= 11 is 2.37. The lowest BCUT2D eigenvalue weighted by Crippen LogP contribution is -2.41. The summed E-state index contributed by atoms with van der Waals surface area (Å²) in [7, 11) is 0. The van der Waals surface area contributed by atoms with E-state index in [1.807, 2.05) is 4.90 Å². The second-order valence-electron chi connectivity index (χ2n) is 5.95. The van der Waals surface area contributed by atoms with Crippen LogP contribution in [0, 0.1) is 10.1 Å². The average molecular weight is 438 g/mol. The normalized spacial score (nSPS) is 14.3. The summed E-state index contributed by atoms with van der Waals surface area (Å²) in [4.78, 5) is 36.2. The Balaban J connectivity index is 1.41. The summed E-state index contributed by atoms with van der Waals surface area (Å²) in [6, 6.07) is 5.57. The number of carbonyl (C=O) groups is 2. The number of non-ortho nitro benzene ring substituents is 1. The van der Waals surface area contributed by atoms with E-state index in [-0.39, 0.29) is 29.8 Å². The number of amides is 2. The number of nitrogens with one attached hydrogen (secondary N) is 2. The van der Waals surface area contributed by atoms with Gasteiger partial charge >= 0.3 is 0 Å². The molecule has 29 heavy (non-hydrogen) atoms. The van der Waals surface area contributed by atoms with Gasteiger partial charge in [0.05, 0.1) is 30.4 Å². The third kappa shape index (κ3) is 6.74. The van der Waals surface area contributed by atoms with Crippen molar-refractivity contribution in [1.29, 1.82) is 0 Å². The average Bonchev–Trinajstić information content (AvgIpc) is 3.14. The number of carbonyl (C=O) groups excluding carboxylic acids is 2. The Hall–Kier alpha value is -2.61. The monoisotopic (exact) mass is 438 g/mol. The molecule has 0 bridgehead atoms. The highest BCUT2D eigenvalue weighted by Gasteiger charge is 2.16. The molecule has 1 aliphatic rings. The van der Waals surface area contributed by atoms with Crippen LogP contribution in [0.25, 0.3) is 0 Å². The molecule has 0 radical (unpaired) electrons. The highest BCUT2D eigenvalue weighted by atomic mass is 32.2.